The summed E-state index contributed by atoms with van der Waals surface area (Å²) in [6.07, 6.45) is 14.5. The Bertz CT molecular complexity index is 505. The van der Waals surface area contributed by atoms with E-state index in [-0.39, 0.29) is 36.2 Å². The van der Waals surface area contributed by atoms with Crippen molar-refractivity contribution < 1.29 is 67.0 Å². The molecule has 186 valence electrons. The van der Waals surface area contributed by atoms with Gasteiger partial charge in [-0.15, -0.1) is 0 Å². The van der Waals surface area contributed by atoms with Crippen LogP contribution in [0.4, 0.5) is 8.78 Å². The van der Waals surface area contributed by atoms with E-state index in [1.54, 1.807) is 0 Å². The number of ether oxygens (including phenoxy) is 2. The maximum absolute atomic E-state index is 13.5. The summed E-state index contributed by atoms with van der Waals surface area (Å²) in [6, 6.07) is 0. The van der Waals surface area contributed by atoms with Crippen LogP contribution in [0.5, 0.6) is 0 Å². The SMILES string of the molecule is CCCCCCCCCCCCCCCCOCC(CC(F)(F)P(=O)(O)O)OC(C)=O.[Na+]. The van der Waals surface area contributed by atoms with Crippen molar-refractivity contribution in [3.63, 3.8) is 0 Å². The summed E-state index contributed by atoms with van der Waals surface area (Å²) in [6.45, 7) is 3.30. The van der Waals surface area contributed by atoms with Crippen LogP contribution < -0.4 is 29.6 Å². The molecule has 6 nitrogen and oxygen atoms in total. The number of esters is 1. The second-order valence-electron chi connectivity index (χ2n) is 8.32. The van der Waals surface area contributed by atoms with Gasteiger partial charge in [0.1, 0.15) is 6.10 Å². The predicted molar refractivity (Wildman–Crippen MR) is 118 cm³/mol. The van der Waals surface area contributed by atoms with Crippen LogP contribution in [0.15, 0.2) is 0 Å². The summed E-state index contributed by atoms with van der Waals surface area (Å²) in [5, 5.41) is 0. The molecule has 0 aromatic heterocycles. The zero-order valence-corrected chi connectivity index (χ0v) is 23.2. The molecule has 0 amide bonds. The Morgan fingerprint density at radius 1 is 0.875 bits per heavy atom. The first-order chi connectivity index (χ1) is 14.6. The minimum absolute atomic E-state index is 0. The summed E-state index contributed by atoms with van der Waals surface area (Å²) < 4.78 is 47.9. The van der Waals surface area contributed by atoms with Gasteiger partial charge in [0.15, 0.2) is 0 Å². The van der Waals surface area contributed by atoms with Gasteiger partial charge >= 0.3 is 48.8 Å². The summed E-state index contributed by atoms with van der Waals surface area (Å²) in [4.78, 5) is 28.5. The molecule has 32 heavy (non-hydrogen) atoms. The van der Waals surface area contributed by atoms with Gasteiger partial charge in [-0.3, -0.25) is 9.36 Å². The molecule has 0 bridgehead atoms. The standard InChI is InChI=1S/C22H43F2O6P.Na/c1-3-4-5-6-7-8-9-10-11-12-13-14-15-16-17-29-19-21(30-20(2)25)18-22(23,24)31(26,27)28;/h21H,3-19H2,1-2H3,(H2,26,27,28);/q;+1. The van der Waals surface area contributed by atoms with Crippen LogP contribution in [0.2, 0.25) is 0 Å². The molecule has 0 rings (SSSR count). The Kier molecular flexibility index (Phi) is 22.5. The van der Waals surface area contributed by atoms with E-state index in [0.717, 1.165) is 26.2 Å². The molecular formula is C22H43F2NaO6P+. The van der Waals surface area contributed by atoms with Gasteiger partial charge < -0.3 is 19.3 Å². The third-order valence-corrected chi connectivity index (χ3v) is 6.21. The Morgan fingerprint density at radius 2 is 1.28 bits per heavy atom. The fraction of sp³-hybridized carbons (Fsp3) is 0.955. The zero-order valence-electron chi connectivity index (χ0n) is 20.3. The second-order valence-corrected chi connectivity index (χ2v) is 10.1. The van der Waals surface area contributed by atoms with Crippen LogP contribution in [0.25, 0.3) is 0 Å². The predicted octanol–water partition coefficient (Wildman–Crippen LogP) is 3.58. The summed E-state index contributed by atoms with van der Waals surface area (Å²) >= 11 is 0. The van der Waals surface area contributed by atoms with Gasteiger partial charge in [-0.2, -0.15) is 8.78 Å². The van der Waals surface area contributed by atoms with Gasteiger partial charge in [0.25, 0.3) is 0 Å². The maximum atomic E-state index is 13.5. The third kappa shape index (κ3) is 19.9. The van der Waals surface area contributed by atoms with Gasteiger partial charge in [0.2, 0.25) is 0 Å². The summed E-state index contributed by atoms with van der Waals surface area (Å²) in [5.41, 5.74) is -4.26. The Balaban J connectivity index is 0. The molecule has 2 N–H and O–H groups in total. The van der Waals surface area contributed by atoms with Crippen LogP contribution in [0.1, 0.15) is 110 Å². The topological polar surface area (TPSA) is 93.1 Å². The normalized spacial score (nSPS) is 12.9. The molecule has 1 unspecified atom stereocenters. The maximum Gasteiger partial charge on any atom is 1.00 e. The van der Waals surface area contributed by atoms with Gasteiger partial charge in [-0.05, 0) is 6.42 Å². The monoisotopic (exact) mass is 495 g/mol. The number of carbonyl (C=O) groups excluding carboxylic acids is 1. The molecule has 0 heterocycles. The Labute approximate surface area is 215 Å². The average molecular weight is 496 g/mol. The molecule has 0 aromatic rings. The summed E-state index contributed by atoms with van der Waals surface area (Å²) in [7, 11) is -5.62. The fourth-order valence-corrected chi connectivity index (χ4v) is 3.82. The van der Waals surface area contributed by atoms with Crippen LogP contribution >= 0.6 is 7.60 Å². The van der Waals surface area contributed by atoms with E-state index in [1.165, 1.54) is 70.6 Å². The number of hydrogen-bond donors (Lipinski definition) is 2. The number of unbranched alkanes of at least 4 members (excludes halogenated alkanes) is 13. The first kappa shape index (κ1) is 34.6. The van der Waals surface area contributed by atoms with Crippen molar-refractivity contribution in [3.05, 3.63) is 0 Å². The quantitative estimate of drug-likeness (QED) is 0.109. The van der Waals surface area contributed by atoms with Crippen molar-refractivity contribution in [2.45, 2.75) is 122 Å². The van der Waals surface area contributed by atoms with E-state index in [2.05, 4.69) is 6.92 Å². The molecular weight excluding hydrogens is 452 g/mol. The van der Waals surface area contributed by atoms with E-state index in [9.17, 15) is 18.1 Å². The van der Waals surface area contributed by atoms with Crippen molar-refractivity contribution in [1.29, 1.82) is 0 Å². The number of halogens is 2. The van der Waals surface area contributed by atoms with E-state index < -0.39 is 31.8 Å². The van der Waals surface area contributed by atoms with Crippen molar-refractivity contribution in [2.75, 3.05) is 13.2 Å². The number of rotatable bonds is 21. The molecule has 0 aliphatic carbocycles. The Hall–Kier alpha value is 0.440. The van der Waals surface area contributed by atoms with Crippen molar-refractivity contribution in [1.82, 2.24) is 0 Å². The molecule has 10 heteroatoms. The molecule has 1 atom stereocenters. The average Bonchev–Trinajstić information content (AvgIpc) is 2.66. The Morgan fingerprint density at radius 3 is 1.66 bits per heavy atom. The van der Waals surface area contributed by atoms with Gasteiger partial charge in [-0.25, -0.2) is 0 Å². The number of carbonyl (C=O) groups is 1. The van der Waals surface area contributed by atoms with Crippen LogP contribution in [-0.2, 0) is 18.8 Å². The molecule has 0 aromatic carbocycles. The fourth-order valence-electron chi connectivity index (χ4n) is 3.38. The molecule has 0 radical (unpaired) electrons. The molecule has 0 spiro atoms. The largest absolute Gasteiger partial charge is 1.00 e. The molecule has 0 aliphatic rings. The van der Waals surface area contributed by atoms with Crippen LogP contribution in [-0.4, -0.2) is 40.7 Å². The number of hydrogen-bond acceptors (Lipinski definition) is 4. The zero-order chi connectivity index (χ0) is 23.6. The minimum Gasteiger partial charge on any atom is -0.460 e. The van der Waals surface area contributed by atoms with E-state index in [4.69, 9.17) is 19.3 Å². The molecule has 0 aliphatic heterocycles. The van der Waals surface area contributed by atoms with E-state index in [1.807, 2.05) is 0 Å². The molecule has 0 saturated heterocycles. The number of alkyl halides is 2. The van der Waals surface area contributed by atoms with Gasteiger partial charge in [0, 0.05) is 13.5 Å². The van der Waals surface area contributed by atoms with Crippen molar-refractivity contribution in [2.24, 2.45) is 0 Å². The van der Waals surface area contributed by atoms with Gasteiger partial charge in [0.05, 0.1) is 13.0 Å². The third-order valence-electron chi connectivity index (χ3n) is 5.18. The van der Waals surface area contributed by atoms with Crippen molar-refractivity contribution in [3.8, 4) is 0 Å². The first-order valence-electron chi connectivity index (χ1n) is 11.8. The van der Waals surface area contributed by atoms with E-state index in [0.29, 0.717) is 6.61 Å². The van der Waals surface area contributed by atoms with Crippen LogP contribution in [0.3, 0.4) is 0 Å². The minimum atomic E-state index is -5.62. The molecule has 0 saturated carbocycles. The summed E-state index contributed by atoms with van der Waals surface area (Å²) in [5.74, 6) is -0.799. The van der Waals surface area contributed by atoms with Crippen molar-refractivity contribution >= 4 is 13.6 Å². The van der Waals surface area contributed by atoms with Gasteiger partial charge in [-0.1, -0.05) is 90.4 Å². The van der Waals surface area contributed by atoms with Crippen LogP contribution in [0, 0.1) is 0 Å². The molecule has 0 fully saturated rings. The second kappa shape index (κ2) is 20.8. The first-order valence-corrected chi connectivity index (χ1v) is 13.4. The van der Waals surface area contributed by atoms with E-state index >= 15 is 0 Å². The smallest absolute Gasteiger partial charge is 0.460 e.